The Morgan fingerprint density at radius 2 is 1.53 bits per heavy atom. The zero-order valence-corrected chi connectivity index (χ0v) is 35.8. The third kappa shape index (κ3) is 5.69. The average molecular weight is 812 g/mol. The van der Waals surface area contributed by atoms with Crippen LogP contribution < -0.4 is 14.4 Å². The van der Waals surface area contributed by atoms with Gasteiger partial charge >= 0.3 is 0 Å². The van der Waals surface area contributed by atoms with Crippen LogP contribution in [0.2, 0.25) is 0 Å². The highest BCUT2D eigenvalue weighted by Gasteiger charge is 2.58. The minimum atomic E-state index is 0.0277. The molecule has 0 radical (unpaired) electrons. The number of rotatable bonds is 6. The maximum absolute atomic E-state index is 6.64. The minimum Gasteiger partial charge on any atom is -0.485 e. The van der Waals surface area contributed by atoms with Crippen molar-refractivity contribution in [3.8, 4) is 11.5 Å². The van der Waals surface area contributed by atoms with Crippen LogP contribution in [-0.4, -0.2) is 12.2 Å². The molecule has 0 aromatic heterocycles. The van der Waals surface area contributed by atoms with E-state index in [0.717, 1.165) is 37.2 Å². The lowest BCUT2D eigenvalue weighted by Gasteiger charge is -2.60. The smallest absolute Gasteiger partial charge is 0.130 e. The van der Waals surface area contributed by atoms with Crippen molar-refractivity contribution in [2.75, 3.05) is 4.90 Å². The van der Waals surface area contributed by atoms with E-state index in [9.17, 15) is 0 Å². The average Bonchev–Trinajstić information content (AvgIpc) is 3.90. The fraction of sp³-hybridized carbons (Fsp3) is 0.356. The minimum absolute atomic E-state index is 0.0277. The lowest BCUT2D eigenvalue weighted by atomic mass is 9.43. The molecule has 9 unspecified atom stereocenters. The van der Waals surface area contributed by atoms with E-state index in [2.05, 4.69) is 157 Å². The van der Waals surface area contributed by atoms with Gasteiger partial charge in [0, 0.05) is 51.5 Å². The summed E-state index contributed by atoms with van der Waals surface area (Å²) in [5, 5.41) is 0. The fourth-order valence-electron chi connectivity index (χ4n) is 14.5. The van der Waals surface area contributed by atoms with Crippen molar-refractivity contribution in [2.45, 2.75) is 112 Å². The number of nitrogens with zero attached hydrogens (tertiary/aromatic N) is 1. The van der Waals surface area contributed by atoms with Crippen LogP contribution in [0.3, 0.4) is 0 Å². The summed E-state index contributed by atoms with van der Waals surface area (Å²) < 4.78 is 13.3. The van der Waals surface area contributed by atoms with E-state index in [-0.39, 0.29) is 17.6 Å². The van der Waals surface area contributed by atoms with E-state index in [0.29, 0.717) is 35.5 Å². The Kier molecular flexibility index (Phi) is 8.84. The number of allylic oxidation sites excluding steroid dienone is 11. The molecule has 0 amide bonds. The molecule has 0 spiro atoms. The van der Waals surface area contributed by atoms with Crippen LogP contribution >= 0.6 is 0 Å². The molecule has 7 aliphatic carbocycles. The van der Waals surface area contributed by atoms with Crippen LogP contribution in [0.25, 0.3) is 5.57 Å². The third-order valence-electron chi connectivity index (χ3n) is 17.0. The molecule has 13 rings (SSSR count). The second-order valence-electron chi connectivity index (χ2n) is 19.8. The number of anilines is 1. The van der Waals surface area contributed by atoms with Gasteiger partial charge in [-0.1, -0.05) is 127 Å². The number of ether oxygens (including phenoxy) is 2. The Bertz CT molecular complexity index is 2670. The van der Waals surface area contributed by atoms with Gasteiger partial charge in [0.15, 0.2) is 0 Å². The molecule has 1 saturated carbocycles. The van der Waals surface area contributed by atoms with Crippen molar-refractivity contribution < 1.29 is 9.47 Å². The van der Waals surface area contributed by atoms with Gasteiger partial charge < -0.3 is 14.4 Å². The van der Waals surface area contributed by atoms with Gasteiger partial charge in [-0.25, -0.2) is 0 Å². The zero-order chi connectivity index (χ0) is 40.8. The van der Waals surface area contributed by atoms with Gasteiger partial charge in [-0.15, -0.1) is 0 Å². The normalized spacial score (nSPS) is 32.1. The molecule has 9 atom stereocenters. The number of fused-ring (bicyclic) bond motifs is 8. The number of para-hydroxylation sites is 2. The van der Waals surface area contributed by atoms with Crippen molar-refractivity contribution >= 4 is 11.3 Å². The molecular weight excluding hydrogens is 755 g/mol. The molecule has 62 heavy (non-hydrogen) atoms. The van der Waals surface area contributed by atoms with Gasteiger partial charge in [-0.2, -0.15) is 0 Å². The molecule has 0 bridgehead atoms. The van der Waals surface area contributed by atoms with Crippen LogP contribution in [0.5, 0.6) is 11.5 Å². The molecule has 9 aliphatic rings. The summed E-state index contributed by atoms with van der Waals surface area (Å²) in [6.07, 6.45) is 36.3. The van der Waals surface area contributed by atoms with Crippen LogP contribution in [0.1, 0.15) is 123 Å². The molecule has 4 aromatic carbocycles. The van der Waals surface area contributed by atoms with E-state index in [1.54, 1.807) is 22.3 Å². The Hall–Kier alpha value is -5.54. The van der Waals surface area contributed by atoms with Gasteiger partial charge in [0.2, 0.25) is 0 Å². The molecule has 4 aromatic rings. The number of benzene rings is 4. The summed E-state index contributed by atoms with van der Waals surface area (Å²) in [6.45, 7) is 0. The lowest BCUT2D eigenvalue weighted by Crippen LogP contribution is -2.54. The second-order valence-corrected chi connectivity index (χ2v) is 19.8. The first-order chi connectivity index (χ1) is 30.7. The molecule has 0 saturated heterocycles. The van der Waals surface area contributed by atoms with Crippen molar-refractivity contribution in [1.82, 2.24) is 0 Å². The van der Waals surface area contributed by atoms with E-state index in [4.69, 9.17) is 9.47 Å². The molecule has 3 heteroatoms. The highest BCUT2D eigenvalue weighted by molar-refractivity contribution is 5.80. The van der Waals surface area contributed by atoms with Gasteiger partial charge in [-0.3, -0.25) is 0 Å². The van der Waals surface area contributed by atoms with Crippen molar-refractivity contribution in [1.29, 1.82) is 0 Å². The van der Waals surface area contributed by atoms with Gasteiger partial charge in [0.05, 0.1) is 0 Å². The molecular formula is C59H57NO2. The molecule has 310 valence electrons. The standard InChI is InChI=1S/C59H57NO2/c1-2-16-41(17-3-1)59(52-23-7-4-19-46(52)51-22-11-13-39-14-12-24-53(59)58(39)51)42-18-10-15-40(35-42)38-27-29-43(30-28-38)60(44-31-33-49-47-20-5-8-25-54(47)61-56(49)36-44)45-32-34-50-48-21-6-9-26-55(48)62-57(50)37-45/h1-2,4-9,11,13-14,16,19-21,23,25-31,33,37,40,42,50-51,53,56-58H,3,10,12,15,17-18,22,24,32,34-36H2. The Balaban J connectivity index is 0.856. The Labute approximate surface area is 367 Å². The number of hydrogen-bond acceptors (Lipinski definition) is 3. The topological polar surface area (TPSA) is 21.7 Å². The van der Waals surface area contributed by atoms with Crippen LogP contribution in [0.4, 0.5) is 5.69 Å². The highest BCUT2D eigenvalue weighted by atomic mass is 16.5. The maximum Gasteiger partial charge on any atom is 0.130 e. The summed E-state index contributed by atoms with van der Waals surface area (Å²) in [6, 6.07) is 36.9. The molecule has 2 heterocycles. The van der Waals surface area contributed by atoms with Crippen molar-refractivity contribution in [2.24, 2.45) is 17.8 Å². The van der Waals surface area contributed by atoms with Crippen LogP contribution in [-0.2, 0) is 5.41 Å². The molecule has 0 N–H and O–H groups in total. The Morgan fingerprint density at radius 1 is 0.677 bits per heavy atom. The highest BCUT2D eigenvalue weighted by Crippen LogP contribution is 2.66. The lowest BCUT2D eigenvalue weighted by molar-refractivity contribution is 0.0801. The van der Waals surface area contributed by atoms with Crippen LogP contribution in [0.15, 0.2) is 174 Å². The van der Waals surface area contributed by atoms with E-state index in [1.165, 1.54) is 90.7 Å². The number of hydrogen-bond donors (Lipinski definition) is 0. The van der Waals surface area contributed by atoms with Crippen LogP contribution in [0, 0.1) is 17.8 Å². The Morgan fingerprint density at radius 3 is 2.44 bits per heavy atom. The monoisotopic (exact) mass is 811 g/mol. The fourth-order valence-corrected chi connectivity index (χ4v) is 14.5. The molecule has 2 aliphatic heterocycles. The van der Waals surface area contributed by atoms with E-state index < -0.39 is 0 Å². The first kappa shape index (κ1) is 37.1. The predicted molar refractivity (Wildman–Crippen MR) is 251 cm³/mol. The second kappa shape index (κ2) is 14.8. The molecule has 3 nitrogen and oxygen atoms in total. The largest absolute Gasteiger partial charge is 0.485 e. The quantitative estimate of drug-likeness (QED) is 0.194. The predicted octanol–water partition coefficient (Wildman–Crippen LogP) is 14.3. The van der Waals surface area contributed by atoms with Crippen molar-refractivity contribution in [3.63, 3.8) is 0 Å². The first-order valence-corrected chi connectivity index (χ1v) is 24.1. The summed E-state index contributed by atoms with van der Waals surface area (Å²) in [4.78, 5) is 2.57. The van der Waals surface area contributed by atoms with E-state index >= 15 is 0 Å². The van der Waals surface area contributed by atoms with Gasteiger partial charge in [-0.05, 0) is 152 Å². The molecule has 1 fully saturated rings. The first-order valence-electron chi connectivity index (χ1n) is 24.1. The van der Waals surface area contributed by atoms with Crippen molar-refractivity contribution in [3.05, 3.63) is 202 Å². The third-order valence-corrected chi connectivity index (χ3v) is 17.0. The zero-order valence-electron chi connectivity index (χ0n) is 35.8. The summed E-state index contributed by atoms with van der Waals surface area (Å²) in [5.41, 5.74) is 16.1. The summed E-state index contributed by atoms with van der Waals surface area (Å²) >= 11 is 0. The summed E-state index contributed by atoms with van der Waals surface area (Å²) in [7, 11) is 0. The van der Waals surface area contributed by atoms with Gasteiger partial charge in [0.1, 0.15) is 23.7 Å². The summed E-state index contributed by atoms with van der Waals surface area (Å²) in [5.74, 6) is 5.51. The maximum atomic E-state index is 6.64. The SMILES string of the molecule is C1=CCCC(C2(C3CCCC(c4ccc(N(C5=CC6Oc7ccccc7C6CC5)C5=CC=C6c7ccccc7OC6C5)cc4)C3)c3ccccc3C3CC=CC4=CCCC2C43)=C1. The van der Waals surface area contributed by atoms with E-state index in [1.807, 2.05) is 0 Å². The van der Waals surface area contributed by atoms with Gasteiger partial charge in [0.25, 0.3) is 0 Å².